The van der Waals surface area contributed by atoms with Crippen molar-refractivity contribution in [3.63, 3.8) is 0 Å². The number of hydrogen-bond donors (Lipinski definition) is 1. The molecule has 1 saturated carbocycles. The minimum Gasteiger partial charge on any atom is -0.369 e. The molecule has 4 heteroatoms. The second-order valence-electron chi connectivity index (χ2n) is 4.91. The molecule has 0 unspecified atom stereocenters. The van der Waals surface area contributed by atoms with Crippen LogP contribution in [0.3, 0.4) is 0 Å². The third-order valence-electron chi connectivity index (χ3n) is 3.87. The Labute approximate surface area is 108 Å². The lowest BCUT2D eigenvalue weighted by molar-refractivity contribution is 0.145. The first-order valence-corrected chi connectivity index (χ1v) is 6.82. The first-order valence-electron chi connectivity index (χ1n) is 6.45. The van der Waals surface area contributed by atoms with Crippen LogP contribution in [0.1, 0.15) is 45.4 Å². The summed E-state index contributed by atoms with van der Waals surface area (Å²) in [7, 11) is 0. The van der Waals surface area contributed by atoms with E-state index in [0.717, 1.165) is 24.6 Å². The van der Waals surface area contributed by atoms with Gasteiger partial charge in [-0.15, -0.1) is 0 Å². The summed E-state index contributed by atoms with van der Waals surface area (Å²) in [5, 5.41) is 3.94. The predicted octanol–water partition coefficient (Wildman–Crippen LogP) is 3.68. The fraction of sp³-hybridized carbons (Fsp3) is 0.692. The van der Waals surface area contributed by atoms with Gasteiger partial charge in [0.15, 0.2) is 0 Å². The molecule has 2 rings (SSSR count). The molecule has 1 aromatic heterocycles. The highest BCUT2D eigenvalue weighted by atomic mass is 35.5. The van der Waals surface area contributed by atoms with Gasteiger partial charge in [0.05, 0.1) is 0 Å². The summed E-state index contributed by atoms with van der Waals surface area (Å²) in [6, 6.07) is 1.81. The zero-order valence-corrected chi connectivity index (χ0v) is 11.3. The molecular weight excluding hydrogens is 234 g/mol. The minimum absolute atomic E-state index is 0.490. The molecule has 0 aliphatic heterocycles. The van der Waals surface area contributed by atoms with E-state index in [1.165, 1.54) is 25.7 Å². The first-order chi connectivity index (χ1) is 8.17. The molecule has 0 radical (unpaired) electrons. The van der Waals surface area contributed by atoms with Gasteiger partial charge in [-0.25, -0.2) is 9.97 Å². The van der Waals surface area contributed by atoms with Crippen LogP contribution in [0.15, 0.2) is 6.07 Å². The van der Waals surface area contributed by atoms with Gasteiger partial charge in [0, 0.05) is 19.0 Å². The van der Waals surface area contributed by atoms with Crippen LogP contribution in [-0.4, -0.2) is 16.5 Å². The molecule has 1 heterocycles. The fourth-order valence-corrected chi connectivity index (χ4v) is 2.52. The van der Waals surface area contributed by atoms with Crippen LogP contribution in [0.4, 0.5) is 5.82 Å². The molecule has 0 spiro atoms. The van der Waals surface area contributed by atoms with Crippen molar-refractivity contribution in [3.8, 4) is 0 Å². The molecule has 0 saturated heterocycles. The van der Waals surface area contributed by atoms with Crippen molar-refractivity contribution < 1.29 is 0 Å². The van der Waals surface area contributed by atoms with Gasteiger partial charge in [-0.05, 0) is 24.7 Å². The number of aryl methyl sites for hydroxylation is 1. The van der Waals surface area contributed by atoms with Crippen LogP contribution in [0.25, 0.3) is 0 Å². The summed E-state index contributed by atoms with van der Waals surface area (Å²) in [6.07, 6.45) is 6.07. The molecule has 0 bridgehead atoms. The second-order valence-corrected chi connectivity index (χ2v) is 5.29. The van der Waals surface area contributed by atoms with E-state index in [-0.39, 0.29) is 0 Å². The van der Waals surface area contributed by atoms with Gasteiger partial charge in [-0.1, -0.05) is 31.9 Å². The third-order valence-corrected chi connectivity index (χ3v) is 4.06. The average molecular weight is 254 g/mol. The first kappa shape index (κ1) is 12.6. The highest BCUT2D eigenvalue weighted by Crippen LogP contribution is 2.43. The van der Waals surface area contributed by atoms with Crippen LogP contribution in [0.2, 0.25) is 5.15 Å². The monoisotopic (exact) mass is 253 g/mol. The molecule has 0 aromatic carbocycles. The largest absolute Gasteiger partial charge is 0.369 e. The number of nitrogens with zero attached hydrogens (tertiary/aromatic N) is 2. The van der Waals surface area contributed by atoms with Gasteiger partial charge >= 0.3 is 0 Å². The van der Waals surface area contributed by atoms with E-state index in [9.17, 15) is 0 Å². The number of anilines is 1. The highest BCUT2D eigenvalue weighted by molar-refractivity contribution is 6.29. The normalized spacial score (nSPS) is 17.6. The van der Waals surface area contributed by atoms with Gasteiger partial charge < -0.3 is 5.32 Å². The van der Waals surface area contributed by atoms with Crippen LogP contribution in [-0.2, 0) is 6.42 Å². The van der Waals surface area contributed by atoms with E-state index in [1.54, 1.807) is 0 Å². The lowest BCUT2D eigenvalue weighted by Crippen LogP contribution is -2.36. The van der Waals surface area contributed by atoms with E-state index in [4.69, 9.17) is 11.6 Å². The molecule has 1 fully saturated rings. The van der Waals surface area contributed by atoms with Gasteiger partial charge in [0.25, 0.3) is 0 Å². The minimum atomic E-state index is 0.490. The molecule has 17 heavy (non-hydrogen) atoms. The molecular formula is C13H20ClN3. The standard InChI is InChI=1S/C13H20ClN3/c1-3-11-16-10(14)8-12(17-11)15-9-13(4-2)6-5-7-13/h8H,3-7,9H2,1-2H3,(H,15,16,17). The summed E-state index contributed by atoms with van der Waals surface area (Å²) in [6.45, 7) is 5.31. The lowest BCUT2D eigenvalue weighted by Gasteiger charge is -2.41. The summed E-state index contributed by atoms with van der Waals surface area (Å²) >= 11 is 5.97. The van der Waals surface area contributed by atoms with E-state index in [1.807, 2.05) is 13.0 Å². The van der Waals surface area contributed by atoms with Crippen molar-refractivity contribution in [2.24, 2.45) is 5.41 Å². The van der Waals surface area contributed by atoms with Gasteiger partial charge in [-0.3, -0.25) is 0 Å². The predicted molar refractivity (Wildman–Crippen MR) is 71.5 cm³/mol. The summed E-state index contributed by atoms with van der Waals surface area (Å²) < 4.78 is 0. The van der Waals surface area contributed by atoms with Crippen molar-refractivity contribution in [1.82, 2.24) is 9.97 Å². The molecule has 1 aliphatic rings. The Kier molecular flexibility index (Phi) is 3.87. The topological polar surface area (TPSA) is 37.8 Å². The van der Waals surface area contributed by atoms with Crippen molar-refractivity contribution in [1.29, 1.82) is 0 Å². The summed E-state index contributed by atoms with van der Waals surface area (Å²) in [4.78, 5) is 8.61. The highest BCUT2D eigenvalue weighted by Gasteiger charge is 2.34. The molecule has 1 N–H and O–H groups in total. The Morgan fingerprint density at radius 3 is 2.65 bits per heavy atom. The maximum Gasteiger partial charge on any atom is 0.134 e. The Morgan fingerprint density at radius 2 is 2.12 bits per heavy atom. The number of halogens is 1. The van der Waals surface area contributed by atoms with E-state index < -0.39 is 0 Å². The zero-order valence-electron chi connectivity index (χ0n) is 10.6. The van der Waals surface area contributed by atoms with Crippen molar-refractivity contribution in [2.45, 2.75) is 46.0 Å². The smallest absolute Gasteiger partial charge is 0.134 e. The maximum atomic E-state index is 5.97. The van der Waals surface area contributed by atoms with E-state index in [0.29, 0.717) is 10.6 Å². The van der Waals surface area contributed by atoms with Crippen molar-refractivity contribution >= 4 is 17.4 Å². The van der Waals surface area contributed by atoms with Crippen LogP contribution >= 0.6 is 11.6 Å². The molecule has 1 aliphatic carbocycles. The molecule has 3 nitrogen and oxygen atoms in total. The van der Waals surface area contributed by atoms with Crippen LogP contribution < -0.4 is 5.32 Å². The molecule has 0 atom stereocenters. The Morgan fingerprint density at radius 1 is 1.35 bits per heavy atom. The summed E-state index contributed by atoms with van der Waals surface area (Å²) in [5.41, 5.74) is 0.490. The van der Waals surface area contributed by atoms with E-state index >= 15 is 0 Å². The fourth-order valence-electron chi connectivity index (χ4n) is 2.32. The number of nitrogens with one attached hydrogen (secondary N) is 1. The van der Waals surface area contributed by atoms with Gasteiger partial charge in [0.1, 0.15) is 16.8 Å². The molecule has 94 valence electrons. The van der Waals surface area contributed by atoms with Crippen LogP contribution in [0, 0.1) is 5.41 Å². The average Bonchev–Trinajstić information content (AvgIpc) is 2.27. The molecule has 0 amide bonds. The zero-order chi connectivity index (χ0) is 12.3. The van der Waals surface area contributed by atoms with Gasteiger partial charge in [-0.2, -0.15) is 0 Å². The lowest BCUT2D eigenvalue weighted by atomic mass is 9.67. The van der Waals surface area contributed by atoms with Crippen molar-refractivity contribution in [2.75, 3.05) is 11.9 Å². The quantitative estimate of drug-likeness (QED) is 0.814. The summed E-state index contributed by atoms with van der Waals surface area (Å²) in [5.74, 6) is 1.67. The Hall–Kier alpha value is -0.830. The molecule has 1 aromatic rings. The third kappa shape index (κ3) is 2.89. The number of hydrogen-bond acceptors (Lipinski definition) is 3. The Bertz CT molecular complexity index is 383. The Balaban J connectivity index is 2.01. The van der Waals surface area contributed by atoms with Crippen LogP contribution in [0.5, 0.6) is 0 Å². The second kappa shape index (κ2) is 5.21. The number of aromatic nitrogens is 2. The van der Waals surface area contributed by atoms with E-state index in [2.05, 4.69) is 22.2 Å². The van der Waals surface area contributed by atoms with Crippen molar-refractivity contribution in [3.05, 3.63) is 17.0 Å². The van der Waals surface area contributed by atoms with Gasteiger partial charge in [0.2, 0.25) is 0 Å². The SMILES string of the molecule is CCc1nc(Cl)cc(NCC2(CC)CCC2)n1. The maximum absolute atomic E-state index is 5.97. The number of rotatable bonds is 5.